The molecule has 3 rings (SSSR count). The molecule has 30 heavy (non-hydrogen) atoms. The Bertz CT molecular complexity index is 914. The lowest BCUT2D eigenvalue weighted by molar-refractivity contribution is -0.385. The van der Waals surface area contributed by atoms with Crippen molar-refractivity contribution >= 4 is 23.2 Å². The molecule has 0 aliphatic carbocycles. The standard InChI is InChI=1S/C21H23ClFN3O4/c1-2-30-19-9-8-14(12-17(19)26(28)29)21(27)24-13-18(25-10-3-4-11-25)20-15(22)6-5-7-16(20)23/h5-9,12,18H,2-4,10-11,13H2,1H3,(H,24,27). The summed E-state index contributed by atoms with van der Waals surface area (Å²) >= 11 is 6.27. The fourth-order valence-corrected chi connectivity index (χ4v) is 3.96. The fourth-order valence-electron chi connectivity index (χ4n) is 3.67. The van der Waals surface area contributed by atoms with Gasteiger partial charge in [-0.25, -0.2) is 4.39 Å². The van der Waals surface area contributed by atoms with Gasteiger partial charge in [-0.15, -0.1) is 0 Å². The highest BCUT2D eigenvalue weighted by molar-refractivity contribution is 6.31. The molecule has 1 atom stereocenters. The van der Waals surface area contributed by atoms with E-state index < -0.39 is 22.7 Å². The number of benzene rings is 2. The lowest BCUT2D eigenvalue weighted by Crippen LogP contribution is -2.37. The van der Waals surface area contributed by atoms with Gasteiger partial charge in [-0.2, -0.15) is 0 Å². The number of carbonyl (C=O) groups excluding carboxylic acids is 1. The lowest BCUT2D eigenvalue weighted by atomic mass is 10.0. The van der Waals surface area contributed by atoms with Crippen LogP contribution in [0.15, 0.2) is 36.4 Å². The molecule has 1 saturated heterocycles. The van der Waals surface area contributed by atoms with Gasteiger partial charge in [-0.05, 0) is 57.1 Å². The Hall–Kier alpha value is -2.71. The number of nitro benzene ring substituents is 1. The minimum atomic E-state index is -0.589. The lowest BCUT2D eigenvalue weighted by Gasteiger charge is -2.29. The number of likely N-dealkylation sites (tertiary alicyclic amines) is 1. The van der Waals surface area contributed by atoms with Crippen LogP contribution in [0.1, 0.15) is 41.7 Å². The van der Waals surface area contributed by atoms with Crippen LogP contribution in [0.3, 0.4) is 0 Å². The van der Waals surface area contributed by atoms with Crippen LogP contribution in [0.4, 0.5) is 10.1 Å². The van der Waals surface area contributed by atoms with Crippen LogP contribution < -0.4 is 10.1 Å². The molecule has 0 saturated carbocycles. The first-order chi connectivity index (χ1) is 14.4. The first kappa shape index (κ1) is 22.0. The number of nitrogens with zero attached hydrogens (tertiary/aromatic N) is 2. The number of ether oxygens (including phenoxy) is 1. The number of nitro groups is 1. The van der Waals surface area contributed by atoms with Crippen molar-refractivity contribution in [2.24, 2.45) is 0 Å². The molecule has 0 aromatic heterocycles. The maximum atomic E-state index is 14.5. The molecular weight excluding hydrogens is 413 g/mol. The Labute approximate surface area is 178 Å². The van der Waals surface area contributed by atoms with E-state index in [9.17, 15) is 19.3 Å². The molecule has 1 unspecified atom stereocenters. The Morgan fingerprint density at radius 2 is 2.07 bits per heavy atom. The Morgan fingerprint density at radius 3 is 2.70 bits per heavy atom. The van der Waals surface area contributed by atoms with Gasteiger partial charge < -0.3 is 10.1 Å². The van der Waals surface area contributed by atoms with E-state index in [1.54, 1.807) is 19.1 Å². The zero-order valence-electron chi connectivity index (χ0n) is 16.6. The summed E-state index contributed by atoms with van der Waals surface area (Å²) < 4.78 is 19.8. The van der Waals surface area contributed by atoms with Gasteiger partial charge in [0.25, 0.3) is 5.91 Å². The van der Waals surface area contributed by atoms with E-state index in [1.165, 1.54) is 24.3 Å². The van der Waals surface area contributed by atoms with Crippen LogP contribution in [-0.4, -0.2) is 42.0 Å². The van der Waals surface area contributed by atoms with E-state index >= 15 is 0 Å². The minimum Gasteiger partial charge on any atom is -0.487 e. The van der Waals surface area contributed by atoms with Crippen LogP contribution in [0.2, 0.25) is 5.02 Å². The molecule has 2 aromatic rings. The van der Waals surface area contributed by atoms with Gasteiger partial charge in [0.1, 0.15) is 5.82 Å². The maximum absolute atomic E-state index is 14.5. The zero-order chi connectivity index (χ0) is 21.7. The van der Waals surface area contributed by atoms with Crippen molar-refractivity contribution in [1.29, 1.82) is 0 Å². The van der Waals surface area contributed by atoms with Gasteiger partial charge in [0.2, 0.25) is 0 Å². The first-order valence-electron chi connectivity index (χ1n) is 9.79. The second-order valence-corrected chi connectivity index (χ2v) is 7.38. The molecule has 0 bridgehead atoms. The molecule has 7 nitrogen and oxygen atoms in total. The van der Waals surface area contributed by atoms with E-state index in [0.29, 0.717) is 10.6 Å². The SMILES string of the molecule is CCOc1ccc(C(=O)NCC(c2c(F)cccc2Cl)N2CCCC2)cc1[N+](=O)[O-]. The highest BCUT2D eigenvalue weighted by atomic mass is 35.5. The van der Waals surface area contributed by atoms with Crippen LogP contribution in [0, 0.1) is 15.9 Å². The predicted octanol–water partition coefficient (Wildman–Crippen LogP) is 4.35. The van der Waals surface area contributed by atoms with Gasteiger partial charge in [-0.3, -0.25) is 19.8 Å². The Balaban J connectivity index is 1.81. The molecule has 9 heteroatoms. The molecule has 1 aliphatic heterocycles. The van der Waals surface area contributed by atoms with Crippen LogP contribution in [0.5, 0.6) is 5.75 Å². The molecule has 0 spiro atoms. The maximum Gasteiger partial charge on any atom is 0.311 e. The van der Waals surface area contributed by atoms with Gasteiger partial charge in [0.15, 0.2) is 5.75 Å². The summed E-state index contributed by atoms with van der Waals surface area (Å²) in [6, 6.07) is 8.14. The van der Waals surface area contributed by atoms with Crippen molar-refractivity contribution in [3.05, 3.63) is 68.5 Å². The number of hydrogen-bond donors (Lipinski definition) is 1. The Morgan fingerprint density at radius 1 is 1.33 bits per heavy atom. The van der Waals surface area contributed by atoms with Crippen molar-refractivity contribution in [3.63, 3.8) is 0 Å². The first-order valence-corrected chi connectivity index (χ1v) is 10.2. The summed E-state index contributed by atoms with van der Waals surface area (Å²) in [7, 11) is 0. The topological polar surface area (TPSA) is 84.7 Å². The summed E-state index contributed by atoms with van der Waals surface area (Å²) in [4.78, 5) is 25.5. The number of halogens is 2. The van der Waals surface area contributed by atoms with Gasteiger partial charge in [-0.1, -0.05) is 17.7 Å². The molecule has 1 N–H and O–H groups in total. The highest BCUT2D eigenvalue weighted by Gasteiger charge is 2.28. The van der Waals surface area contributed by atoms with Crippen molar-refractivity contribution in [2.75, 3.05) is 26.2 Å². The second kappa shape index (κ2) is 9.86. The number of nitrogens with one attached hydrogen (secondary N) is 1. The molecule has 0 radical (unpaired) electrons. The van der Waals surface area contributed by atoms with Crippen LogP contribution in [-0.2, 0) is 0 Å². The summed E-state index contributed by atoms with van der Waals surface area (Å²) in [5.74, 6) is -0.810. The molecule has 2 aromatic carbocycles. The number of carbonyl (C=O) groups is 1. The van der Waals surface area contributed by atoms with Crippen LogP contribution >= 0.6 is 11.6 Å². The smallest absolute Gasteiger partial charge is 0.311 e. The molecule has 160 valence electrons. The molecular formula is C21H23ClFN3O4. The third-order valence-electron chi connectivity index (χ3n) is 5.09. The van der Waals surface area contributed by atoms with Crippen molar-refractivity contribution < 1.29 is 18.8 Å². The van der Waals surface area contributed by atoms with Gasteiger partial charge in [0, 0.05) is 28.8 Å². The molecule has 1 aliphatic rings. The van der Waals surface area contributed by atoms with E-state index in [4.69, 9.17) is 16.3 Å². The van der Waals surface area contributed by atoms with Gasteiger partial charge in [0.05, 0.1) is 17.6 Å². The number of hydrogen-bond acceptors (Lipinski definition) is 5. The minimum absolute atomic E-state index is 0.104. The van der Waals surface area contributed by atoms with Crippen molar-refractivity contribution in [2.45, 2.75) is 25.8 Å². The van der Waals surface area contributed by atoms with E-state index in [2.05, 4.69) is 10.2 Å². The normalized spacial score (nSPS) is 15.0. The molecule has 1 fully saturated rings. The summed E-state index contributed by atoms with van der Waals surface area (Å²) in [6.45, 7) is 3.67. The third-order valence-corrected chi connectivity index (χ3v) is 5.42. The largest absolute Gasteiger partial charge is 0.487 e. The molecule has 1 amide bonds. The quantitative estimate of drug-likeness (QED) is 0.492. The fraction of sp³-hybridized carbons (Fsp3) is 0.381. The van der Waals surface area contributed by atoms with Crippen LogP contribution in [0.25, 0.3) is 0 Å². The second-order valence-electron chi connectivity index (χ2n) is 6.98. The predicted molar refractivity (Wildman–Crippen MR) is 112 cm³/mol. The monoisotopic (exact) mass is 435 g/mol. The summed E-state index contributed by atoms with van der Waals surface area (Å²) in [6.07, 6.45) is 1.98. The third kappa shape index (κ3) is 4.88. The Kier molecular flexibility index (Phi) is 7.23. The van der Waals surface area contributed by atoms with E-state index in [-0.39, 0.29) is 30.2 Å². The average Bonchev–Trinajstić information content (AvgIpc) is 3.24. The average molecular weight is 436 g/mol. The zero-order valence-corrected chi connectivity index (χ0v) is 17.3. The number of rotatable bonds is 8. The van der Waals surface area contributed by atoms with Crippen molar-refractivity contribution in [1.82, 2.24) is 10.2 Å². The number of amides is 1. The van der Waals surface area contributed by atoms with E-state index in [0.717, 1.165) is 25.9 Å². The summed E-state index contributed by atoms with van der Waals surface area (Å²) in [5, 5.41) is 14.4. The van der Waals surface area contributed by atoms with Gasteiger partial charge >= 0.3 is 5.69 Å². The van der Waals surface area contributed by atoms with E-state index in [1.807, 2.05) is 0 Å². The summed E-state index contributed by atoms with van der Waals surface area (Å²) in [5.41, 5.74) is 0.196. The highest BCUT2D eigenvalue weighted by Crippen LogP contribution is 2.32. The molecule has 1 heterocycles. The van der Waals surface area contributed by atoms with Crippen molar-refractivity contribution in [3.8, 4) is 5.75 Å².